The molecule has 22 heavy (non-hydrogen) atoms. The maximum atomic E-state index is 12.6. The van der Waals surface area contributed by atoms with Gasteiger partial charge in [-0.25, -0.2) is 8.42 Å². The summed E-state index contributed by atoms with van der Waals surface area (Å²) in [5, 5.41) is 0. The van der Waals surface area contributed by atoms with Crippen LogP contribution < -0.4 is 4.90 Å². The first-order valence-electron chi connectivity index (χ1n) is 7.76. The Bertz CT molecular complexity index is 601. The highest BCUT2D eigenvalue weighted by Crippen LogP contribution is 2.19. The molecule has 0 N–H and O–H groups in total. The van der Waals surface area contributed by atoms with Gasteiger partial charge in [-0.05, 0) is 32.4 Å². The molecule has 5 nitrogen and oxygen atoms in total. The van der Waals surface area contributed by atoms with Gasteiger partial charge in [0.2, 0.25) is 5.91 Å². The highest BCUT2D eigenvalue weighted by Gasteiger charge is 2.34. The number of amides is 1. The van der Waals surface area contributed by atoms with E-state index in [1.807, 2.05) is 49.1 Å². The van der Waals surface area contributed by atoms with Crippen molar-refractivity contribution in [2.45, 2.75) is 26.3 Å². The van der Waals surface area contributed by atoms with E-state index in [4.69, 9.17) is 0 Å². The van der Waals surface area contributed by atoms with E-state index < -0.39 is 9.84 Å². The summed E-state index contributed by atoms with van der Waals surface area (Å²) >= 11 is 0. The van der Waals surface area contributed by atoms with E-state index in [0.717, 1.165) is 12.2 Å². The van der Waals surface area contributed by atoms with Gasteiger partial charge < -0.3 is 9.80 Å². The zero-order valence-corrected chi connectivity index (χ0v) is 14.1. The molecule has 0 radical (unpaired) electrons. The van der Waals surface area contributed by atoms with E-state index in [-0.39, 0.29) is 30.0 Å². The van der Waals surface area contributed by atoms with Crippen molar-refractivity contribution in [1.82, 2.24) is 4.90 Å². The van der Waals surface area contributed by atoms with Crippen molar-refractivity contribution < 1.29 is 13.2 Å². The van der Waals surface area contributed by atoms with E-state index in [1.165, 1.54) is 0 Å². The molecule has 1 fully saturated rings. The van der Waals surface area contributed by atoms with E-state index in [2.05, 4.69) is 0 Å². The number of sulfone groups is 1. The van der Waals surface area contributed by atoms with Gasteiger partial charge in [-0.2, -0.15) is 0 Å². The quantitative estimate of drug-likeness (QED) is 0.797. The summed E-state index contributed by atoms with van der Waals surface area (Å²) in [5.74, 6) is 0.289. The van der Waals surface area contributed by atoms with Crippen LogP contribution in [0.25, 0.3) is 0 Å². The molecule has 6 heteroatoms. The van der Waals surface area contributed by atoms with Crippen LogP contribution in [-0.4, -0.2) is 56.4 Å². The molecule has 2 rings (SSSR count). The SMILES string of the molecule is CCN(CC(=O)N(CC)C1CCS(=O)(=O)C1)c1ccccc1. The molecule has 1 saturated heterocycles. The van der Waals surface area contributed by atoms with Crippen molar-refractivity contribution in [3.8, 4) is 0 Å². The van der Waals surface area contributed by atoms with Crippen molar-refractivity contribution >= 4 is 21.4 Å². The molecule has 0 saturated carbocycles. The summed E-state index contributed by atoms with van der Waals surface area (Å²) in [5.41, 5.74) is 1.01. The second kappa shape index (κ2) is 7.13. The summed E-state index contributed by atoms with van der Waals surface area (Å²) in [6, 6.07) is 9.63. The Morgan fingerprint density at radius 3 is 2.36 bits per heavy atom. The molecule has 1 unspecified atom stereocenters. The molecule has 0 bridgehead atoms. The van der Waals surface area contributed by atoms with Crippen LogP contribution >= 0.6 is 0 Å². The second-order valence-corrected chi connectivity index (χ2v) is 7.82. The van der Waals surface area contributed by atoms with Crippen LogP contribution in [0.5, 0.6) is 0 Å². The lowest BCUT2D eigenvalue weighted by Gasteiger charge is -2.30. The first kappa shape index (κ1) is 16.8. The number of benzene rings is 1. The monoisotopic (exact) mass is 324 g/mol. The van der Waals surface area contributed by atoms with E-state index >= 15 is 0 Å². The lowest BCUT2D eigenvalue weighted by molar-refractivity contribution is -0.131. The minimum absolute atomic E-state index is 0.00435. The molecule has 0 aliphatic carbocycles. The maximum absolute atomic E-state index is 12.6. The summed E-state index contributed by atoms with van der Waals surface area (Å²) in [6.45, 7) is 5.48. The fourth-order valence-electron chi connectivity index (χ4n) is 2.94. The molecule has 1 amide bonds. The third kappa shape index (κ3) is 4.00. The van der Waals surface area contributed by atoms with Gasteiger partial charge in [0.15, 0.2) is 9.84 Å². The van der Waals surface area contributed by atoms with Gasteiger partial charge in [-0.15, -0.1) is 0 Å². The fourth-order valence-corrected chi connectivity index (χ4v) is 4.67. The van der Waals surface area contributed by atoms with Gasteiger partial charge in [0.05, 0.1) is 18.1 Å². The van der Waals surface area contributed by atoms with Gasteiger partial charge in [0, 0.05) is 24.8 Å². The zero-order chi connectivity index (χ0) is 16.2. The van der Waals surface area contributed by atoms with Crippen molar-refractivity contribution in [2.24, 2.45) is 0 Å². The third-order valence-electron chi connectivity index (χ3n) is 4.14. The molecule has 1 aromatic rings. The summed E-state index contributed by atoms with van der Waals surface area (Å²) < 4.78 is 23.3. The summed E-state index contributed by atoms with van der Waals surface area (Å²) in [4.78, 5) is 16.3. The number of hydrogen-bond donors (Lipinski definition) is 0. The van der Waals surface area contributed by atoms with Crippen LogP contribution in [-0.2, 0) is 14.6 Å². The minimum atomic E-state index is -2.98. The Morgan fingerprint density at radius 1 is 1.18 bits per heavy atom. The average Bonchev–Trinajstić information content (AvgIpc) is 2.86. The third-order valence-corrected chi connectivity index (χ3v) is 5.89. The second-order valence-electron chi connectivity index (χ2n) is 5.59. The molecule has 0 aromatic heterocycles. The Hall–Kier alpha value is -1.56. The number of anilines is 1. The first-order chi connectivity index (χ1) is 10.5. The predicted octanol–water partition coefficient (Wildman–Crippen LogP) is 1.55. The smallest absolute Gasteiger partial charge is 0.242 e. The van der Waals surface area contributed by atoms with Crippen molar-refractivity contribution in [2.75, 3.05) is 36.0 Å². The van der Waals surface area contributed by atoms with E-state index in [1.54, 1.807) is 4.90 Å². The molecule has 1 aliphatic heterocycles. The molecular weight excluding hydrogens is 300 g/mol. The van der Waals surface area contributed by atoms with Gasteiger partial charge in [-0.1, -0.05) is 18.2 Å². The highest BCUT2D eigenvalue weighted by molar-refractivity contribution is 7.91. The number of nitrogens with zero attached hydrogens (tertiary/aromatic N) is 2. The van der Waals surface area contributed by atoms with Crippen molar-refractivity contribution in [1.29, 1.82) is 0 Å². The fraction of sp³-hybridized carbons (Fsp3) is 0.562. The lowest BCUT2D eigenvalue weighted by atomic mass is 10.2. The Kier molecular flexibility index (Phi) is 5.45. The van der Waals surface area contributed by atoms with Gasteiger partial charge in [0.25, 0.3) is 0 Å². The van der Waals surface area contributed by atoms with E-state index in [0.29, 0.717) is 13.0 Å². The lowest BCUT2D eigenvalue weighted by Crippen LogP contribution is -2.46. The average molecular weight is 324 g/mol. The summed E-state index contributed by atoms with van der Waals surface area (Å²) in [6.07, 6.45) is 0.555. The standard InChI is InChI=1S/C16H24N2O3S/c1-3-17(14-8-6-5-7-9-14)12-16(19)18(4-2)15-10-11-22(20,21)13-15/h5-9,15H,3-4,10-13H2,1-2H3. The van der Waals surface area contributed by atoms with Crippen LogP contribution in [0.4, 0.5) is 5.69 Å². The van der Waals surface area contributed by atoms with Crippen LogP contribution in [0.3, 0.4) is 0 Å². The molecular formula is C16H24N2O3S. The Labute approximate surface area is 132 Å². The van der Waals surface area contributed by atoms with Crippen molar-refractivity contribution in [3.05, 3.63) is 30.3 Å². The molecule has 1 aliphatic rings. The van der Waals surface area contributed by atoms with Crippen molar-refractivity contribution in [3.63, 3.8) is 0 Å². The molecule has 0 spiro atoms. The molecule has 1 heterocycles. The Morgan fingerprint density at radius 2 is 1.86 bits per heavy atom. The van der Waals surface area contributed by atoms with Gasteiger partial charge >= 0.3 is 0 Å². The van der Waals surface area contributed by atoms with Crippen LogP contribution in [0.1, 0.15) is 20.3 Å². The minimum Gasteiger partial charge on any atom is -0.362 e. The molecule has 1 atom stereocenters. The normalized spacial score (nSPS) is 19.8. The number of likely N-dealkylation sites (N-methyl/N-ethyl adjacent to an activating group) is 2. The first-order valence-corrected chi connectivity index (χ1v) is 9.59. The number of carbonyl (C=O) groups excluding carboxylic acids is 1. The van der Waals surface area contributed by atoms with Gasteiger partial charge in [0.1, 0.15) is 0 Å². The highest BCUT2D eigenvalue weighted by atomic mass is 32.2. The predicted molar refractivity (Wildman–Crippen MR) is 88.8 cm³/mol. The molecule has 1 aromatic carbocycles. The number of rotatable bonds is 6. The maximum Gasteiger partial charge on any atom is 0.242 e. The summed E-state index contributed by atoms with van der Waals surface area (Å²) in [7, 11) is -2.98. The number of para-hydroxylation sites is 1. The van der Waals surface area contributed by atoms with Gasteiger partial charge in [-0.3, -0.25) is 4.79 Å². The largest absolute Gasteiger partial charge is 0.362 e. The van der Waals surface area contributed by atoms with Crippen LogP contribution in [0.2, 0.25) is 0 Å². The topological polar surface area (TPSA) is 57.7 Å². The Balaban J connectivity index is 2.05. The number of hydrogen-bond acceptors (Lipinski definition) is 4. The van der Waals surface area contributed by atoms with Crippen LogP contribution in [0, 0.1) is 0 Å². The molecule has 122 valence electrons. The number of carbonyl (C=O) groups is 1. The van der Waals surface area contributed by atoms with E-state index in [9.17, 15) is 13.2 Å². The van der Waals surface area contributed by atoms with Crippen LogP contribution in [0.15, 0.2) is 30.3 Å². The zero-order valence-electron chi connectivity index (χ0n) is 13.2.